The number of para-hydroxylation sites is 1. The van der Waals surface area contributed by atoms with Gasteiger partial charge in [-0.3, -0.25) is 0 Å². The molecular formula is C25H22N4O. The number of fused-ring (bicyclic) bond motifs is 3. The Morgan fingerprint density at radius 3 is 2.17 bits per heavy atom. The molecule has 0 atom stereocenters. The standard InChI is InChI=1S/C25H22N4O/c1-5-28(3)23-17(14-26)11-12-18(15-27)24(23)29(4)22-16(2)10-13-20-19-8-6-7-9-21(19)30-25(20)22/h6-13H,5H2,1-4H3. The maximum absolute atomic E-state index is 9.85. The molecule has 0 N–H and O–H groups in total. The van der Waals surface area contributed by atoms with Crippen molar-refractivity contribution in [3.05, 3.63) is 65.2 Å². The Balaban J connectivity index is 2.07. The molecule has 0 bridgehead atoms. The van der Waals surface area contributed by atoms with E-state index in [-0.39, 0.29) is 0 Å². The third-order valence-corrected chi connectivity index (χ3v) is 5.64. The van der Waals surface area contributed by atoms with Gasteiger partial charge in [0.2, 0.25) is 0 Å². The number of hydrogen-bond donors (Lipinski definition) is 0. The summed E-state index contributed by atoms with van der Waals surface area (Å²) in [6.07, 6.45) is 0. The van der Waals surface area contributed by atoms with E-state index in [0.29, 0.717) is 23.4 Å². The molecule has 0 aliphatic carbocycles. The molecule has 0 radical (unpaired) electrons. The molecular weight excluding hydrogens is 372 g/mol. The number of anilines is 3. The summed E-state index contributed by atoms with van der Waals surface area (Å²) in [4.78, 5) is 3.99. The lowest BCUT2D eigenvalue weighted by atomic mass is 10.0. The van der Waals surface area contributed by atoms with Crippen molar-refractivity contribution in [2.24, 2.45) is 0 Å². The lowest BCUT2D eigenvalue weighted by Crippen LogP contribution is -2.23. The number of aryl methyl sites for hydroxylation is 1. The highest BCUT2D eigenvalue weighted by Gasteiger charge is 2.24. The number of nitrogens with zero attached hydrogens (tertiary/aromatic N) is 4. The molecule has 0 aliphatic rings. The highest BCUT2D eigenvalue weighted by Crippen LogP contribution is 2.44. The van der Waals surface area contributed by atoms with Crippen LogP contribution in [0.4, 0.5) is 17.1 Å². The second-order valence-corrected chi connectivity index (χ2v) is 7.36. The first-order chi connectivity index (χ1) is 14.5. The molecule has 4 rings (SSSR count). The summed E-state index contributed by atoms with van der Waals surface area (Å²) in [6, 6.07) is 20.1. The molecule has 0 unspecified atom stereocenters. The predicted molar refractivity (Wildman–Crippen MR) is 121 cm³/mol. The zero-order chi connectivity index (χ0) is 21.4. The molecule has 0 saturated heterocycles. The maximum atomic E-state index is 9.85. The minimum absolute atomic E-state index is 0.513. The van der Waals surface area contributed by atoms with Gasteiger partial charge >= 0.3 is 0 Å². The smallest absolute Gasteiger partial charge is 0.159 e. The van der Waals surface area contributed by atoms with E-state index in [1.54, 1.807) is 12.1 Å². The maximum Gasteiger partial charge on any atom is 0.159 e. The first-order valence-electron chi connectivity index (χ1n) is 9.84. The van der Waals surface area contributed by atoms with Crippen molar-refractivity contribution in [2.45, 2.75) is 13.8 Å². The Morgan fingerprint density at radius 2 is 1.50 bits per heavy atom. The lowest BCUT2D eigenvalue weighted by Gasteiger charge is -2.30. The molecule has 0 fully saturated rings. The summed E-state index contributed by atoms with van der Waals surface area (Å²) in [6.45, 7) is 4.76. The van der Waals surface area contributed by atoms with Crippen LogP contribution in [0.1, 0.15) is 23.6 Å². The van der Waals surface area contributed by atoms with E-state index < -0.39 is 0 Å². The number of nitriles is 2. The normalized spacial score (nSPS) is 10.7. The number of hydrogen-bond acceptors (Lipinski definition) is 5. The Kier molecular flexibility index (Phi) is 4.82. The molecule has 148 valence electrons. The second-order valence-electron chi connectivity index (χ2n) is 7.36. The number of rotatable bonds is 4. The van der Waals surface area contributed by atoms with Gasteiger partial charge < -0.3 is 14.2 Å². The molecule has 1 aromatic heterocycles. The molecule has 0 spiro atoms. The van der Waals surface area contributed by atoms with Crippen LogP contribution in [0.25, 0.3) is 21.9 Å². The minimum Gasteiger partial charge on any atom is -0.454 e. The summed E-state index contributed by atoms with van der Waals surface area (Å²) in [7, 11) is 3.86. The highest BCUT2D eigenvalue weighted by molar-refractivity contribution is 6.10. The van der Waals surface area contributed by atoms with Crippen LogP contribution in [0, 0.1) is 29.6 Å². The molecule has 3 aromatic carbocycles. The quantitative estimate of drug-likeness (QED) is 0.433. The van der Waals surface area contributed by atoms with Crippen molar-refractivity contribution < 1.29 is 4.42 Å². The Hall–Kier alpha value is -3.96. The van der Waals surface area contributed by atoms with Crippen LogP contribution in [-0.2, 0) is 0 Å². The summed E-state index contributed by atoms with van der Waals surface area (Å²) in [5.41, 5.74) is 6.02. The summed E-state index contributed by atoms with van der Waals surface area (Å²) < 4.78 is 6.26. The first-order valence-corrected chi connectivity index (χ1v) is 9.84. The van der Waals surface area contributed by atoms with Crippen LogP contribution in [0.15, 0.2) is 52.9 Å². The van der Waals surface area contributed by atoms with Gasteiger partial charge in [0.15, 0.2) is 5.58 Å². The van der Waals surface area contributed by atoms with Gasteiger partial charge in [0.1, 0.15) is 17.7 Å². The summed E-state index contributed by atoms with van der Waals surface area (Å²) >= 11 is 0. The van der Waals surface area contributed by atoms with Gasteiger partial charge in [-0.15, -0.1) is 0 Å². The fourth-order valence-corrected chi connectivity index (χ4v) is 4.05. The van der Waals surface area contributed by atoms with E-state index in [0.717, 1.165) is 38.9 Å². The number of benzene rings is 3. The van der Waals surface area contributed by atoms with Gasteiger partial charge in [-0.2, -0.15) is 10.5 Å². The summed E-state index contributed by atoms with van der Waals surface area (Å²) in [5.74, 6) is 0. The van der Waals surface area contributed by atoms with Crippen molar-refractivity contribution in [3.63, 3.8) is 0 Å². The average molecular weight is 394 g/mol. The monoisotopic (exact) mass is 394 g/mol. The van der Waals surface area contributed by atoms with Crippen molar-refractivity contribution in [1.29, 1.82) is 10.5 Å². The fourth-order valence-electron chi connectivity index (χ4n) is 4.05. The Morgan fingerprint density at radius 1 is 0.833 bits per heavy atom. The van der Waals surface area contributed by atoms with Crippen LogP contribution in [0.3, 0.4) is 0 Å². The fraction of sp³-hybridized carbons (Fsp3) is 0.200. The Bertz CT molecular complexity index is 1350. The first kappa shape index (κ1) is 19.4. The molecule has 0 amide bonds. The lowest BCUT2D eigenvalue weighted by molar-refractivity contribution is 0.668. The predicted octanol–water partition coefficient (Wildman–Crippen LogP) is 5.86. The zero-order valence-corrected chi connectivity index (χ0v) is 17.5. The topological polar surface area (TPSA) is 67.2 Å². The second kappa shape index (κ2) is 7.46. The number of furan rings is 1. The average Bonchev–Trinajstić information content (AvgIpc) is 3.15. The van der Waals surface area contributed by atoms with Gasteiger partial charge in [-0.25, -0.2) is 0 Å². The van der Waals surface area contributed by atoms with Crippen molar-refractivity contribution in [3.8, 4) is 12.1 Å². The minimum atomic E-state index is 0.513. The van der Waals surface area contributed by atoms with Crippen LogP contribution in [0.2, 0.25) is 0 Å². The third-order valence-electron chi connectivity index (χ3n) is 5.64. The van der Waals surface area contributed by atoms with Crippen molar-refractivity contribution >= 4 is 39.0 Å². The van der Waals surface area contributed by atoms with E-state index in [1.807, 2.05) is 62.0 Å². The van der Waals surface area contributed by atoms with Crippen LogP contribution < -0.4 is 9.80 Å². The molecule has 1 heterocycles. The summed E-state index contributed by atoms with van der Waals surface area (Å²) in [5, 5.41) is 21.7. The van der Waals surface area contributed by atoms with Crippen LogP contribution in [0.5, 0.6) is 0 Å². The van der Waals surface area contributed by atoms with E-state index in [1.165, 1.54) is 0 Å². The van der Waals surface area contributed by atoms with Crippen molar-refractivity contribution in [1.82, 2.24) is 0 Å². The largest absolute Gasteiger partial charge is 0.454 e. The van der Waals surface area contributed by atoms with E-state index in [2.05, 4.69) is 24.3 Å². The van der Waals surface area contributed by atoms with E-state index >= 15 is 0 Å². The SMILES string of the molecule is CCN(C)c1c(C#N)ccc(C#N)c1N(C)c1c(C)ccc2c1oc1ccccc12. The molecule has 0 aliphatic heterocycles. The van der Waals surface area contributed by atoms with Crippen LogP contribution >= 0.6 is 0 Å². The van der Waals surface area contributed by atoms with Gasteiger partial charge in [0.05, 0.1) is 28.2 Å². The van der Waals surface area contributed by atoms with E-state index in [4.69, 9.17) is 4.42 Å². The van der Waals surface area contributed by atoms with Gasteiger partial charge in [0, 0.05) is 31.4 Å². The van der Waals surface area contributed by atoms with Gasteiger partial charge in [-0.1, -0.05) is 30.3 Å². The van der Waals surface area contributed by atoms with Crippen LogP contribution in [-0.4, -0.2) is 20.6 Å². The zero-order valence-electron chi connectivity index (χ0n) is 17.5. The molecule has 4 aromatic rings. The molecule has 5 heteroatoms. The van der Waals surface area contributed by atoms with E-state index in [9.17, 15) is 10.5 Å². The van der Waals surface area contributed by atoms with Gasteiger partial charge in [-0.05, 0) is 37.6 Å². The molecule has 30 heavy (non-hydrogen) atoms. The highest BCUT2D eigenvalue weighted by atomic mass is 16.3. The molecule has 5 nitrogen and oxygen atoms in total. The molecule has 0 saturated carbocycles. The van der Waals surface area contributed by atoms with Gasteiger partial charge in [0.25, 0.3) is 0 Å². The Labute approximate surface area is 176 Å². The third kappa shape index (κ3) is 2.84. The van der Waals surface area contributed by atoms with Crippen molar-refractivity contribution in [2.75, 3.05) is 30.4 Å².